The number of hydrogen-bond acceptors (Lipinski definition) is 4. The Bertz CT molecular complexity index is 1110. The van der Waals surface area contributed by atoms with E-state index in [2.05, 4.69) is 45.6 Å². The second-order valence-electron chi connectivity index (χ2n) is 7.93. The van der Waals surface area contributed by atoms with Crippen molar-refractivity contribution < 1.29 is 14.3 Å². The number of anilines is 1. The first-order valence-corrected chi connectivity index (χ1v) is 11.9. The molecule has 0 radical (unpaired) electrons. The molecule has 0 heterocycles. The van der Waals surface area contributed by atoms with Gasteiger partial charge in [0.2, 0.25) is 0 Å². The fourth-order valence-corrected chi connectivity index (χ4v) is 4.00. The highest BCUT2D eigenvalue weighted by Crippen LogP contribution is 2.21. The van der Waals surface area contributed by atoms with Crippen molar-refractivity contribution in [1.29, 1.82) is 0 Å². The molecule has 34 heavy (non-hydrogen) atoms. The molecule has 3 aromatic rings. The van der Waals surface area contributed by atoms with Crippen LogP contribution < -0.4 is 10.1 Å². The third kappa shape index (κ3) is 6.66. The van der Waals surface area contributed by atoms with E-state index in [9.17, 15) is 9.59 Å². The Morgan fingerprint density at radius 1 is 0.853 bits per heavy atom. The van der Waals surface area contributed by atoms with Gasteiger partial charge in [0.05, 0.1) is 7.11 Å². The lowest BCUT2D eigenvalue weighted by Gasteiger charge is -2.23. The molecule has 1 atom stereocenters. The van der Waals surface area contributed by atoms with Gasteiger partial charge in [0.25, 0.3) is 11.8 Å². The predicted molar refractivity (Wildman–Crippen MR) is 140 cm³/mol. The van der Waals surface area contributed by atoms with E-state index in [4.69, 9.17) is 4.74 Å². The summed E-state index contributed by atoms with van der Waals surface area (Å²) in [4.78, 5) is 28.1. The van der Waals surface area contributed by atoms with Crippen LogP contribution in [0.3, 0.4) is 0 Å². The van der Waals surface area contributed by atoms with Crippen molar-refractivity contribution in [2.75, 3.05) is 25.5 Å². The molecular formula is C27H32N3O3P. The van der Waals surface area contributed by atoms with Gasteiger partial charge in [-0.1, -0.05) is 44.2 Å². The monoisotopic (exact) mass is 477 g/mol. The predicted octanol–water partition coefficient (Wildman–Crippen LogP) is 5.22. The Hall–Kier alpha value is -3.21. The van der Waals surface area contributed by atoms with E-state index in [0.717, 1.165) is 25.2 Å². The molecule has 178 valence electrons. The Morgan fingerprint density at radius 2 is 1.50 bits per heavy atom. The van der Waals surface area contributed by atoms with E-state index in [0.29, 0.717) is 29.1 Å². The van der Waals surface area contributed by atoms with Crippen LogP contribution in [0.25, 0.3) is 0 Å². The number of ether oxygens (including phenoxy) is 1. The van der Waals surface area contributed by atoms with Gasteiger partial charge in [-0.05, 0) is 76.1 Å². The minimum absolute atomic E-state index is 0.136. The minimum Gasteiger partial charge on any atom is -0.497 e. The fourth-order valence-electron chi connectivity index (χ4n) is 3.65. The van der Waals surface area contributed by atoms with E-state index < -0.39 is 0 Å². The number of amides is 2. The lowest BCUT2D eigenvalue weighted by molar-refractivity contribution is 0.0863. The third-order valence-corrected chi connectivity index (χ3v) is 6.14. The molecule has 2 amide bonds. The number of methoxy groups -OCH3 is 1. The Balaban J connectivity index is 1.69. The lowest BCUT2D eigenvalue weighted by atomic mass is 10.1. The number of benzene rings is 3. The van der Waals surface area contributed by atoms with Gasteiger partial charge < -0.3 is 14.7 Å². The average Bonchev–Trinajstić information content (AvgIpc) is 2.87. The SMILES string of the molecule is CCN(CC)Cc1ccccc1CN(P)C(=O)c1cccc(NC(=O)c2ccc(OC)cc2)c1. The van der Waals surface area contributed by atoms with Crippen LogP contribution in [-0.4, -0.2) is 41.6 Å². The lowest BCUT2D eigenvalue weighted by Crippen LogP contribution is -2.25. The molecule has 0 bridgehead atoms. The van der Waals surface area contributed by atoms with E-state index in [1.54, 1.807) is 60.3 Å². The van der Waals surface area contributed by atoms with Gasteiger partial charge in [-0.3, -0.25) is 14.5 Å². The van der Waals surface area contributed by atoms with Crippen molar-refractivity contribution in [1.82, 2.24) is 9.57 Å². The average molecular weight is 478 g/mol. The first-order chi connectivity index (χ1) is 16.4. The first-order valence-electron chi connectivity index (χ1n) is 11.4. The van der Waals surface area contributed by atoms with Crippen LogP contribution in [0.4, 0.5) is 5.69 Å². The Kier molecular flexibility index (Phi) is 9.20. The molecule has 1 N–H and O–H groups in total. The summed E-state index contributed by atoms with van der Waals surface area (Å²) >= 11 is 0. The molecule has 3 rings (SSSR count). The highest BCUT2D eigenvalue weighted by molar-refractivity contribution is 7.14. The van der Waals surface area contributed by atoms with Gasteiger partial charge >= 0.3 is 0 Å². The summed E-state index contributed by atoms with van der Waals surface area (Å²) in [6.07, 6.45) is 0. The quantitative estimate of drug-likeness (QED) is 0.407. The van der Waals surface area contributed by atoms with Gasteiger partial charge in [0, 0.05) is 29.9 Å². The number of nitrogens with one attached hydrogen (secondary N) is 1. The van der Waals surface area contributed by atoms with Crippen molar-refractivity contribution in [3.05, 3.63) is 95.1 Å². The molecule has 0 aliphatic rings. The molecular weight excluding hydrogens is 445 g/mol. The van der Waals surface area contributed by atoms with Crippen LogP contribution in [-0.2, 0) is 13.1 Å². The second kappa shape index (κ2) is 12.3. The van der Waals surface area contributed by atoms with Crippen molar-refractivity contribution >= 4 is 26.9 Å². The van der Waals surface area contributed by atoms with Gasteiger partial charge in [-0.2, -0.15) is 0 Å². The highest BCUT2D eigenvalue weighted by atomic mass is 31.0. The molecule has 0 aliphatic heterocycles. The van der Waals surface area contributed by atoms with Crippen molar-refractivity contribution in [3.8, 4) is 5.75 Å². The van der Waals surface area contributed by atoms with E-state index in [1.165, 1.54) is 5.56 Å². The van der Waals surface area contributed by atoms with E-state index in [1.807, 2.05) is 12.1 Å². The maximum absolute atomic E-state index is 13.1. The van der Waals surface area contributed by atoms with Crippen molar-refractivity contribution in [3.63, 3.8) is 0 Å². The molecule has 0 saturated carbocycles. The number of carbonyl (C=O) groups is 2. The van der Waals surface area contributed by atoms with Gasteiger partial charge in [-0.25, -0.2) is 0 Å². The van der Waals surface area contributed by atoms with Gasteiger partial charge in [0.15, 0.2) is 0 Å². The van der Waals surface area contributed by atoms with Crippen LogP contribution in [0.5, 0.6) is 5.75 Å². The molecule has 0 aliphatic carbocycles. The maximum Gasteiger partial charge on any atom is 0.257 e. The molecule has 1 unspecified atom stereocenters. The summed E-state index contributed by atoms with van der Waals surface area (Å²) in [6, 6.07) is 22.1. The summed E-state index contributed by atoms with van der Waals surface area (Å²) in [5, 5.41) is 2.86. The molecule has 0 fully saturated rings. The zero-order valence-electron chi connectivity index (χ0n) is 20.0. The molecule has 3 aromatic carbocycles. The maximum atomic E-state index is 13.1. The largest absolute Gasteiger partial charge is 0.497 e. The molecule has 6 nitrogen and oxygen atoms in total. The normalized spacial score (nSPS) is 10.7. The third-order valence-electron chi connectivity index (χ3n) is 5.73. The first kappa shape index (κ1) is 25.4. The topological polar surface area (TPSA) is 61.9 Å². The van der Waals surface area contributed by atoms with E-state index in [-0.39, 0.29) is 11.8 Å². The number of hydrogen-bond donors (Lipinski definition) is 1. The second-order valence-corrected chi connectivity index (χ2v) is 8.55. The minimum atomic E-state index is -0.250. The number of carbonyl (C=O) groups excluding carboxylic acids is 2. The van der Waals surface area contributed by atoms with Crippen molar-refractivity contribution in [2.45, 2.75) is 26.9 Å². The van der Waals surface area contributed by atoms with Crippen LogP contribution in [0.1, 0.15) is 45.7 Å². The van der Waals surface area contributed by atoms with Gasteiger partial charge in [-0.15, -0.1) is 0 Å². The fraction of sp³-hybridized carbons (Fsp3) is 0.259. The van der Waals surface area contributed by atoms with Gasteiger partial charge in [0.1, 0.15) is 5.75 Å². The zero-order valence-corrected chi connectivity index (χ0v) is 21.1. The molecule has 0 aromatic heterocycles. The Labute approximate surface area is 204 Å². The zero-order chi connectivity index (χ0) is 24.5. The molecule has 0 saturated heterocycles. The van der Waals surface area contributed by atoms with Crippen molar-refractivity contribution in [2.24, 2.45) is 0 Å². The number of rotatable bonds is 10. The van der Waals surface area contributed by atoms with Crippen LogP contribution in [0, 0.1) is 0 Å². The summed E-state index contributed by atoms with van der Waals surface area (Å²) in [5.41, 5.74) is 3.90. The van der Waals surface area contributed by atoms with Crippen LogP contribution in [0.15, 0.2) is 72.8 Å². The van der Waals surface area contributed by atoms with E-state index >= 15 is 0 Å². The summed E-state index contributed by atoms with van der Waals surface area (Å²) < 4.78 is 6.76. The highest BCUT2D eigenvalue weighted by Gasteiger charge is 2.16. The Morgan fingerprint density at radius 3 is 2.12 bits per heavy atom. The molecule has 0 spiro atoms. The standard InChI is InChI=1S/C27H32N3O3P/c1-4-29(5-2)18-22-9-6-7-10-23(22)19-30(34)27(32)21-11-8-12-24(17-21)28-26(31)20-13-15-25(33-3)16-14-20/h6-17H,4-5,18-19,34H2,1-3H3,(H,28,31). The summed E-state index contributed by atoms with van der Waals surface area (Å²) in [5.74, 6) is 0.298. The number of nitrogens with zero attached hydrogens (tertiary/aromatic N) is 2. The summed E-state index contributed by atoms with van der Waals surface area (Å²) in [7, 11) is 4.11. The molecule has 7 heteroatoms. The smallest absolute Gasteiger partial charge is 0.257 e. The van der Waals surface area contributed by atoms with Crippen LogP contribution >= 0.6 is 9.39 Å². The summed E-state index contributed by atoms with van der Waals surface area (Å²) in [6.45, 7) is 7.58. The van der Waals surface area contributed by atoms with Crippen LogP contribution in [0.2, 0.25) is 0 Å².